The highest BCUT2D eigenvalue weighted by atomic mass is 16.1. The first kappa shape index (κ1) is 8.74. The van der Waals surface area contributed by atoms with Crippen molar-refractivity contribution in [2.75, 3.05) is 0 Å². The third-order valence-electron chi connectivity index (χ3n) is 2.25. The van der Waals surface area contributed by atoms with E-state index in [1.165, 1.54) is 0 Å². The number of pyridine rings is 1. The molecule has 0 saturated carbocycles. The summed E-state index contributed by atoms with van der Waals surface area (Å²) >= 11 is 0. The predicted octanol–water partition coefficient (Wildman–Crippen LogP) is 1.08. The summed E-state index contributed by atoms with van der Waals surface area (Å²) in [6.45, 7) is 1.81. The van der Waals surface area contributed by atoms with Gasteiger partial charge in [-0.1, -0.05) is 0 Å². The van der Waals surface area contributed by atoms with Gasteiger partial charge in [0, 0.05) is 30.6 Å². The minimum Gasteiger partial charge on any atom is -0.287 e. The van der Waals surface area contributed by atoms with Crippen LogP contribution in [0.25, 0.3) is 11.3 Å². The van der Waals surface area contributed by atoms with Crippen molar-refractivity contribution in [3.05, 3.63) is 40.4 Å². The Morgan fingerprint density at radius 3 is 2.50 bits per heavy atom. The van der Waals surface area contributed by atoms with Gasteiger partial charge in [-0.15, -0.1) is 0 Å². The summed E-state index contributed by atoms with van der Waals surface area (Å²) in [5.74, 6) is 0. The Bertz CT molecular complexity index is 496. The van der Waals surface area contributed by atoms with Crippen LogP contribution in [-0.2, 0) is 7.05 Å². The van der Waals surface area contributed by atoms with Crippen molar-refractivity contribution >= 4 is 0 Å². The van der Waals surface area contributed by atoms with E-state index in [1.54, 1.807) is 17.1 Å². The average molecular weight is 189 g/mol. The minimum absolute atomic E-state index is 0.0423. The van der Waals surface area contributed by atoms with Crippen molar-refractivity contribution in [3.8, 4) is 11.3 Å². The van der Waals surface area contributed by atoms with E-state index in [0.717, 1.165) is 16.8 Å². The first-order chi connectivity index (χ1) is 6.70. The molecule has 0 fully saturated rings. The zero-order valence-corrected chi connectivity index (χ0v) is 8.11. The normalized spacial score (nSPS) is 10.4. The predicted molar refractivity (Wildman–Crippen MR) is 54.0 cm³/mol. The molecule has 2 aromatic rings. The molecule has 0 unspecified atom stereocenters. The second kappa shape index (κ2) is 3.14. The molecule has 2 heterocycles. The Kier molecular flexibility index (Phi) is 1.96. The molecule has 72 valence electrons. The van der Waals surface area contributed by atoms with Crippen LogP contribution in [-0.4, -0.2) is 14.8 Å². The van der Waals surface area contributed by atoms with Crippen LogP contribution >= 0.6 is 0 Å². The molecule has 0 spiro atoms. The summed E-state index contributed by atoms with van der Waals surface area (Å²) in [5.41, 5.74) is 2.61. The molecule has 0 aliphatic carbocycles. The molecule has 0 saturated heterocycles. The Hall–Kier alpha value is -1.84. The van der Waals surface area contributed by atoms with Crippen LogP contribution in [0.2, 0.25) is 0 Å². The lowest BCUT2D eigenvalue weighted by Gasteiger charge is -2.02. The molecule has 1 N–H and O–H groups in total. The first-order valence-electron chi connectivity index (χ1n) is 4.36. The van der Waals surface area contributed by atoms with Crippen LogP contribution in [0.5, 0.6) is 0 Å². The lowest BCUT2D eigenvalue weighted by molar-refractivity contribution is 0.764. The molecule has 4 heteroatoms. The molecule has 0 bridgehead atoms. The molecule has 0 radical (unpaired) electrons. The van der Waals surface area contributed by atoms with Gasteiger partial charge in [-0.2, -0.15) is 0 Å². The number of nitrogens with one attached hydrogen (secondary N) is 1. The zero-order valence-electron chi connectivity index (χ0n) is 8.11. The molecule has 2 rings (SSSR count). The fourth-order valence-corrected chi connectivity index (χ4v) is 1.57. The van der Waals surface area contributed by atoms with E-state index in [9.17, 15) is 4.79 Å². The van der Waals surface area contributed by atoms with Gasteiger partial charge in [-0.3, -0.25) is 19.6 Å². The number of H-pyrrole nitrogens is 1. The highest BCUT2D eigenvalue weighted by Gasteiger charge is 2.09. The smallest absolute Gasteiger partial charge is 0.267 e. The Morgan fingerprint density at radius 1 is 1.36 bits per heavy atom. The maximum absolute atomic E-state index is 11.3. The first-order valence-corrected chi connectivity index (χ1v) is 4.36. The molecule has 4 nitrogen and oxygen atoms in total. The Balaban J connectivity index is 2.69. The topological polar surface area (TPSA) is 50.7 Å². The summed E-state index contributed by atoms with van der Waals surface area (Å²) in [5, 5.41) is 2.71. The molecule has 14 heavy (non-hydrogen) atoms. The fourth-order valence-electron chi connectivity index (χ4n) is 1.57. The van der Waals surface area contributed by atoms with Gasteiger partial charge >= 0.3 is 0 Å². The highest BCUT2D eigenvalue weighted by Crippen LogP contribution is 2.18. The van der Waals surface area contributed by atoms with E-state index in [4.69, 9.17) is 0 Å². The SMILES string of the molecule is Cc1c(-c2ccncc2)n(C)[nH]c1=O. The van der Waals surface area contributed by atoms with Gasteiger partial charge in [0.2, 0.25) is 0 Å². The summed E-state index contributed by atoms with van der Waals surface area (Å²) in [4.78, 5) is 15.3. The van der Waals surface area contributed by atoms with Crippen molar-refractivity contribution in [2.45, 2.75) is 6.92 Å². The third kappa shape index (κ3) is 1.25. The van der Waals surface area contributed by atoms with Crippen molar-refractivity contribution in [3.63, 3.8) is 0 Å². The molecule has 0 amide bonds. The van der Waals surface area contributed by atoms with Crippen LogP contribution in [0.3, 0.4) is 0 Å². The number of aromatic amines is 1. The van der Waals surface area contributed by atoms with Crippen molar-refractivity contribution in [1.29, 1.82) is 0 Å². The van der Waals surface area contributed by atoms with Crippen molar-refractivity contribution < 1.29 is 0 Å². The molecule has 0 aliphatic rings. The number of rotatable bonds is 1. The highest BCUT2D eigenvalue weighted by molar-refractivity contribution is 5.62. The van der Waals surface area contributed by atoms with Gasteiger partial charge < -0.3 is 0 Å². The monoisotopic (exact) mass is 189 g/mol. The standard InChI is InChI=1S/C10H11N3O/c1-7-9(13(2)12-10(7)14)8-3-5-11-6-4-8/h3-6H,1-2H3,(H,12,14). The third-order valence-corrected chi connectivity index (χ3v) is 2.25. The van der Waals surface area contributed by atoms with Gasteiger partial charge in [0.15, 0.2) is 0 Å². The summed E-state index contributed by atoms with van der Waals surface area (Å²) < 4.78 is 1.73. The van der Waals surface area contributed by atoms with E-state index < -0.39 is 0 Å². The van der Waals surface area contributed by atoms with E-state index in [2.05, 4.69) is 10.1 Å². The van der Waals surface area contributed by atoms with Gasteiger partial charge in [-0.05, 0) is 19.1 Å². The minimum atomic E-state index is -0.0423. The van der Waals surface area contributed by atoms with Gasteiger partial charge in [0.25, 0.3) is 5.56 Å². The van der Waals surface area contributed by atoms with E-state index in [0.29, 0.717) is 0 Å². The number of aromatic nitrogens is 3. The largest absolute Gasteiger partial charge is 0.287 e. The lowest BCUT2D eigenvalue weighted by atomic mass is 10.1. The van der Waals surface area contributed by atoms with Gasteiger partial charge in [-0.25, -0.2) is 0 Å². The Labute approximate surface area is 81.2 Å². The second-order valence-corrected chi connectivity index (χ2v) is 3.21. The summed E-state index contributed by atoms with van der Waals surface area (Å²) in [6.07, 6.45) is 3.43. The molecule has 2 aromatic heterocycles. The second-order valence-electron chi connectivity index (χ2n) is 3.21. The van der Waals surface area contributed by atoms with E-state index in [1.807, 2.05) is 26.1 Å². The summed E-state index contributed by atoms with van der Waals surface area (Å²) in [6, 6.07) is 3.77. The summed E-state index contributed by atoms with van der Waals surface area (Å²) in [7, 11) is 1.82. The Morgan fingerprint density at radius 2 is 2.00 bits per heavy atom. The van der Waals surface area contributed by atoms with Crippen LogP contribution in [0.4, 0.5) is 0 Å². The molecule has 0 atom stereocenters. The van der Waals surface area contributed by atoms with Crippen molar-refractivity contribution in [2.24, 2.45) is 7.05 Å². The maximum Gasteiger partial charge on any atom is 0.267 e. The maximum atomic E-state index is 11.3. The van der Waals surface area contributed by atoms with Crippen molar-refractivity contribution in [1.82, 2.24) is 14.8 Å². The van der Waals surface area contributed by atoms with Crippen LogP contribution in [0.1, 0.15) is 5.56 Å². The fraction of sp³-hybridized carbons (Fsp3) is 0.200. The average Bonchev–Trinajstić information content (AvgIpc) is 2.43. The quantitative estimate of drug-likeness (QED) is 0.729. The molecule has 0 aliphatic heterocycles. The van der Waals surface area contributed by atoms with Crippen LogP contribution < -0.4 is 5.56 Å². The van der Waals surface area contributed by atoms with Crippen LogP contribution in [0, 0.1) is 6.92 Å². The number of hydrogen-bond acceptors (Lipinski definition) is 2. The van der Waals surface area contributed by atoms with E-state index in [-0.39, 0.29) is 5.56 Å². The number of hydrogen-bond donors (Lipinski definition) is 1. The number of aryl methyl sites for hydroxylation is 1. The van der Waals surface area contributed by atoms with Gasteiger partial charge in [0.1, 0.15) is 0 Å². The molecular formula is C10H11N3O. The molecule has 0 aromatic carbocycles. The molecular weight excluding hydrogens is 178 g/mol. The van der Waals surface area contributed by atoms with Gasteiger partial charge in [0.05, 0.1) is 5.69 Å². The lowest BCUT2D eigenvalue weighted by Crippen LogP contribution is -2.03. The zero-order chi connectivity index (χ0) is 10.1. The number of nitrogens with zero attached hydrogens (tertiary/aromatic N) is 2. The van der Waals surface area contributed by atoms with E-state index >= 15 is 0 Å². The van der Waals surface area contributed by atoms with Crippen LogP contribution in [0.15, 0.2) is 29.3 Å².